The van der Waals surface area contributed by atoms with Gasteiger partial charge in [0.05, 0.1) is 0 Å². The fraction of sp³-hybridized carbons (Fsp3) is 0.333. The smallest absolute Gasteiger partial charge is 0.0134 e. The summed E-state index contributed by atoms with van der Waals surface area (Å²) in [6.45, 7) is 4.03. The lowest BCUT2D eigenvalue weighted by Crippen LogP contribution is -1.92. The van der Waals surface area contributed by atoms with Gasteiger partial charge in [-0.3, -0.25) is 0 Å². The molecule has 1 aromatic carbocycles. The van der Waals surface area contributed by atoms with Gasteiger partial charge in [-0.15, -0.1) is 11.8 Å². The Bertz CT molecular complexity index is 289. The molecule has 0 N–H and O–H groups in total. The summed E-state index contributed by atoms with van der Waals surface area (Å²) in [6.07, 6.45) is 3.74. The molecule has 0 aliphatic heterocycles. The summed E-state index contributed by atoms with van der Waals surface area (Å²) in [6, 6.07) is 10.6. The Morgan fingerprint density at radius 2 is 2.00 bits per heavy atom. The summed E-state index contributed by atoms with van der Waals surface area (Å²) in [5.74, 6) is 0. The molecule has 1 aliphatic rings. The van der Waals surface area contributed by atoms with Gasteiger partial charge in [-0.2, -0.15) is 0 Å². The van der Waals surface area contributed by atoms with Crippen LogP contribution in [0.1, 0.15) is 19.3 Å². The highest BCUT2D eigenvalue weighted by Gasteiger charge is 2.18. The number of benzene rings is 1. The summed E-state index contributed by atoms with van der Waals surface area (Å²) in [7, 11) is 0. The molecule has 1 saturated carbocycles. The number of hydrogen-bond acceptors (Lipinski definition) is 1. The SMILES string of the molecule is C=C1CCC(Sc2ccccc2)C1. The molecule has 0 radical (unpaired) electrons. The highest BCUT2D eigenvalue weighted by Crippen LogP contribution is 2.36. The van der Waals surface area contributed by atoms with Crippen molar-refractivity contribution in [3.8, 4) is 0 Å². The van der Waals surface area contributed by atoms with E-state index in [2.05, 4.69) is 36.9 Å². The summed E-state index contributed by atoms with van der Waals surface area (Å²) < 4.78 is 0. The van der Waals surface area contributed by atoms with Crippen molar-refractivity contribution < 1.29 is 0 Å². The van der Waals surface area contributed by atoms with Crippen molar-refractivity contribution in [2.45, 2.75) is 29.4 Å². The van der Waals surface area contributed by atoms with Gasteiger partial charge in [0.25, 0.3) is 0 Å². The molecule has 13 heavy (non-hydrogen) atoms. The molecule has 0 aromatic heterocycles. The molecule has 0 saturated heterocycles. The second-order valence-corrected chi connectivity index (χ2v) is 4.92. The van der Waals surface area contributed by atoms with E-state index in [4.69, 9.17) is 0 Å². The first-order valence-electron chi connectivity index (χ1n) is 4.73. The first-order chi connectivity index (χ1) is 6.34. The van der Waals surface area contributed by atoms with E-state index in [1.165, 1.54) is 29.7 Å². The molecule has 0 spiro atoms. The number of thioether (sulfide) groups is 1. The Hall–Kier alpha value is -0.690. The quantitative estimate of drug-likeness (QED) is 0.638. The highest BCUT2D eigenvalue weighted by molar-refractivity contribution is 8.00. The fourth-order valence-corrected chi connectivity index (χ4v) is 2.94. The van der Waals surface area contributed by atoms with Crippen LogP contribution in [0.4, 0.5) is 0 Å². The van der Waals surface area contributed by atoms with Crippen LogP contribution in [0.25, 0.3) is 0 Å². The van der Waals surface area contributed by atoms with Crippen LogP contribution in [0.15, 0.2) is 47.4 Å². The molecule has 68 valence electrons. The minimum absolute atomic E-state index is 0.773. The Labute approximate surface area is 84.0 Å². The molecule has 1 unspecified atom stereocenters. The van der Waals surface area contributed by atoms with Crippen molar-refractivity contribution in [3.05, 3.63) is 42.5 Å². The largest absolute Gasteiger partial charge is 0.122 e. The van der Waals surface area contributed by atoms with Crippen LogP contribution >= 0.6 is 11.8 Å². The zero-order chi connectivity index (χ0) is 9.10. The van der Waals surface area contributed by atoms with E-state index < -0.39 is 0 Å². The molecule has 0 heterocycles. The third-order valence-electron chi connectivity index (χ3n) is 2.38. The molecule has 0 bridgehead atoms. The van der Waals surface area contributed by atoms with Gasteiger partial charge in [-0.1, -0.05) is 30.4 Å². The maximum absolute atomic E-state index is 4.03. The summed E-state index contributed by atoms with van der Waals surface area (Å²) in [5.41, 5.74) is 1.42. The minimum Gasteiger partial charge on any atom is -0.122 e. The van der Waals surface area contributed by atoms with Crippen molar-refractivity contribution in [2.75, 3.05) is 0 Å². The molecule has 1 fully saturated rings. The average Bonchev–Trinajstić information content (AvgIpc) is 2.53. The Morgan fingerprint density at radius 3 is 2.62 bits per heavy atom. The first kappa shape index (κ1) is 8.89. The van der Waals surface area contributed by atoms with E-state index in [1.807, 2.05) is 11.8 Å². The van der Waals surface area contributed by atoms with Crippen LogP contribution in [-0.4, -0.2) is 5.25 Å². The molecule has 0 amide bonds. The third-order valence-corrected chi connectivity index (χ3v) is 3.66. The molecule has 1 aromatic rings. The lowest BCUT2D eigenvalue weighted by atomic mass is 10.3. The van der Waals surface area contributed by atoms with Crippen LogP contribution in [-0.2, 0) is 0 Å². The Morgan fingerprint density at radius 1 is 1.23 bits per heavy atom. The van der Waals surface area contributed by atoms with E-state index in [1.54, 1.807) is 0 Å². The second-order valence-electron chi connectivity index (χ2n) is 3.55. The van der Waals surface area contributed by atoms with Crippen LogP contribution in [0.5, 0.6) is 0 Å². The fourth-order valence-electron chi connectivity index (χ4n) is 1.68. The summed E-state index contributed by atoms with van der Waals surface area (Å²) in [4.78, 5) is 1.39. The standard InChI is InChI=1S/C12H14S/c1-10-7-8-12(9-10)13-11-5-3-2-4-6-11/h2-6,12H,1,7-9H2. The van der Waals surface area contributed by atoms with Gasteiger partial charge in [0.15, 0.2) is 0 Å². The number of rotatable bonds is 2. The van der Waals surface area contributed by atoms with Gasteiger partial charge in [-0.25, -0.2) is 0 Å². The zero-order valence-corrected chi connectivity index (χ0v) is 8.52. The van der Waals surface area contributed by atoms with Crippen LogP contribution < -0.4 is 0 Å². The second kappa shape index (κ2) is 4.01. The topological polar surface area (TPSA) is 0 Å². The summed E-state index contributed by atoms with van der Waals surface area (Å²) >= 11 is 1.99. The van der Waals surface area contributed by atoms with Crippen molar-refractivity contribution in [3.63, 3.8) is 0 Å². The monoisotopic (exact) mass is 190 g/mol. The molecular formula is C12H14S. The Balaban J connectivity index is 1.96. The Kier molecular flexibility index (Phi) is 2.74. The van der Waals surface area contributed by atoms with Gasteiger partial charge < -0.3 is 0 Å². The van der Waals surface area contributed by atoms with Gasteiger partial charge in [0.2, 0.25) is 0 Å². The first-order valence-corrected chi connectivity index (χ1v) is 5.61. The minimum atomic E-state index is 0.773. The van der Waals surface area contributed by atoms with E-state index in [0.717, 1.165) is 5.25 Å². The molecule has 2 rings (SSSR count). The van der Waals surface area contributed by atoms with E-state index in [0.29, 0.717) is 0 Å². The molecular weight excluding hydrogens is 176 g/mol. The van der Waals surface area contributed by atoms with Crippen LogP contribution in [0, 0.1) is 0 Å². The average molecular weight is 190 g/mol. The van der Waals surface area contributed by atoms with Gasteiger partial charge in [0, 0.05) is 10.1 Å². The molecule has 1 aliphatic carbocycles. The van der Waals surface area contributed by atoms with Gasteiger partial charge in [-0.05, 0) is 31.4 Å². The van der Waals surface area contributed by atoms with Crippen molar-refractivity contribution in [1.29, 1.82) is 0 Å². The highest BCUT2D eigenvalue weighted by atomic mass is 32.2. The van der Waals surface area contributed by atoms with E-state index in [-0.39, 0.29) is 0 Å². The van der Waals surface area contributed by atoms with Gasteiger partial charge >= 0.3 is 0 Å². The molecule has 1 atom stereocenters. The van der Waals surface area contributed by atoms with E-state index in [9.17, 15) is 0 Å². The van der Waals surface area contributed by atoms with E-state index >= 15 is 0 Å². The summed E-state index contributed by atoms with van der Waals surface area (Å²) in [5, 5.41) is 0.773. The predicted octanol–water partition coefficient (Wildman–Crippen LogP) is 3.89. The normalized spacial score (nSPS) is 22.2. The lowest BCUT2D eigenvalue weighted by molar-refractivity contribution is 0.905. The number of allylic oxidation sites excluding steroid dienone is 1. The van der Waals surface area contributed by atoms with Crippen LogP contribution in [0.2, 0.25) is 0 Å². The lowest BCUT2D eigenvalue weighted by Gasteiger charge is -2.07. The van der Waals surface area contributed by atoms with Crippen molar-refractivity contribution >= 4 is 11.8 Å². The van der Waals surface area contributed by atoms with Crippen molar-refractivity contribution in [1.82, 2.24) is 0 Å². The maximum atomic E-state index is 4.03. The van der Waals surface area contributed by atoms with Crippen LogP contribution in [0.3, 0.4) is 0 Å². The molecule has 0 nitrogen and oxygen atoms in total. The maximum Gasteiger partial charge on any atom is 0.0134 e. The molecule has 1 heteroatoms. The zero-order valence-electron chi connectivity index (χ0n) is 7.70. The third kappa shape index (κ3) is 2.38. The number of hydrogen-bond donors (Lipinski definition) is 0. The van der Waals surface area contributed by atoms with Crippen molar-refractivity contribution in [2.24, 2.45) is 0 Å². The van der Waals surface area contributed by atoms with Gasteiger partial charge in [0.1, 0.15) is 0 Å². The predicted molar refractivity (Wildman–Crippen MR) is 59.1 cm³/mol.